The minimum atomic E-state index is 0.177. The molecule has 0 atom stereocenters. The van der Waals surface area contributed by atoms with Crippen LogP contribution in [-0.4, -0.2) is 43.4 Å². The summed E-state index contributed by atoms with van der Waals surface area (Å²) in [6.07, 6.45) is 6.40. The van der Waals surface area contributed by atoms with Crippen molar-refractivity contribution in [2.75, 3.05) is 13.1 Å². The van der Waals surface area contributed by atoms with E-state index in [-0.39, 0.29) is 5.91 Å². The van der Waals surface area contributed by atoms with E-state index in [2.05, 4.69) is 42.0 Å². The number of piperidine rings is 1. The molecule has 0 spiro atoms. The molecule has 1 aliphatic heterocycles. The first-order valence-electron chi connectivity index (χ1n) is 9.38. The summed E-state index contributed by atoms with van der Waals surface area (Å²) in [5.74, 6) is 2.59. The lowest BCUT2D eigenvalue weighted by molar-refractivity contribution is -0.132. The number of fused-ring (bicyclic) bond motifs is 1. The van der Waals surface area contributed by atoms with Crippen LogP contribution in [0.5, 0.6) is 0 Å². The highest BCUT2D eigenvalue weighted by Gasteiger charge is 2.26. The topological polar surface area (TPSA) is 66.8 Å². The van der Waals surface area contributed by atoms with Gasteiger partial charge in [-0.2, -0.15) is 0 Å². The van der Waals surface area contributed by atoms with Gasteiger partial charge in [-0.3, -0.25) is 4.79 Å². The van der Waals surface area contributed by atoms with Crippen molar-refractivity contribution in [1.82, 2.24) is 24.4 Å². The van der Waals surface area contributed by atoms with E-state index < -0.39 is 0 Å². The lowest BCUT2D eigenvalue weighted by Gasteiger charge is -2.31. The zero-order valence-corrected chi connectivity index (χ0v) is 15.4. The van der Waals surface area contributed by atoms with Gasteiger partial charge in [0.2, 0.25) is 5.91 Å². The van der Waals surface area contributed by atoms with Gasteiger partial charge in [0.25, 0.3) is 0 Å². The standard InChI is InChI=1S/C20H25N5O/c1-3-17-21-9-12-25(17)13-18(26)24-10-7-15(8-11-24)20-22-16-6-4-5-14(2)19(16)23-20/h4-6,9,12,15H,3,7-8,10-11,13H2,1-2H3,(H,22,23). The highest BCUT2D eigenvalue weighted by molar-refractivity contribution is 5.78. The second-order valence-corrected chi connectivity index (χ2v) is 7.07. The SMILES string of the molecule is CCc1nccn1CC(=O)N1CCC(c2nc3c(C)cccc3[nH]2)CC1. The maximum absolute atomic E-state index is 12.6. The molecule has 26 heavy (non-hydrogen) atoms. The Morgan fingerprint density at radius 3 is 2.85 bits per heavy atom. The van der Waals surface area contributed by atoms with Crippen LogP contribution in [0.15, 0.2) is 30.6 Å². The number of likely N-dealkylation sites (tertiary alicyclic amines) is 1. The number of carbonyl (C=O) groups is 1. The van der Waals surface area contributed by atoms with Gasteiger partial charge in [0.05, 0.1) is 11.0 Å². The van der Waals surface area contributed by atoms with Crippen LogP contribution < -0.4 is 0 Å². The third-order valence-corrected chi connectivity index (χ3v) is 5.39. The van der Waals surface area contributed by atoms with Crippen LogP contribution in [0, 0.1) is 6.92 Å². The highest BCUT2D eigenvalue weighted by Crippen LogP contribution is 2.28. The largest absolute Gasteiger partial charge is 0.342 e. The van der Waals surface area contributed by atoms with E-state index in [9.17, 15) is 4.79 Å². The van der Waals surface area contributed by atoms with Crippen molar-refractivity contribution >= 4 is 16.9 Å². The molecule has 1 aromatic carbocycles. The van der Waals surface area contributed by atoms with Gasteiger partial charge in [0.1, 0.15) is 18.2 Å². The Labute approximate surface area is 153 Å². The Morgan fingerprint density at radius 1 is 1.31 bits per heavy atom. The number of hydrogen-bond acceptors (Lipinski definition) is 3. The molecule has 1 saturated heterocycles. The normalized spacial score (nSPS) is 15.7. The van der Waals surface area contributed by atoms with E-state index in [1.165, 1.54) is 5.56 Å². The summed E-state index contributed by atoms with van der Waals surface area (Å²) in [5.41, 5.74) is 3.36. The van der Waals surface area contributed by atoms with Crippen LogP contribution in [-0.2, 0) is 17.8 Å². The molecule has 1 amide bonds. The maximum atomic E-state index is 12.6. The molecule has 136 valence electrons. The molecule has 2 aromatic heterocycles. The quantitative estimate of drug-likeness (QED) is 0.786. The van der Waals surface area contributed by atoms with Gasteiger partial charge in [-0.05, 0) is 31.4 Å². The molecule has 1 N–H and O–H groups in total. The average molecular weight is 351 g/mol. The fourth-order valence-electron chi connectivity index (χ4n) is 3.83. The minimum Gasteiger partial charge on any atom is -0.342 e. The Hall–Kier alpha value is -2.63. The first-order valence-corrected chi connectivity index (χ1v) is 9.38. The van der Waals surface area contributed by atoms with Gasteiger partial charge in [0, 0.05) is 37.8 Å². The van der Waals surface area contributed by atoms with Gasteiger partial charge in [-0.25, -0.2) is 9.97 Å². The summed E-state index contributed by atoms with van der Waals surface area (Å²) in [6.45, 7) is 6.11. The Kier molecular flexibility index (Phi) is 4.49. The molecule has 3 heterocycles. The van der Waals surface area contributed by atoms with Crippen LogP contribution in [0.25, 0.3) is 11.0 Å². The average Bonchev–Trinajstić information content (AvgIpc) is 3.29. The second kappa shape index (κ2) is 6.94. The van der Waals surface area contributed by atoms with Crippen molar-refractivity contribution in [3.63, 3.8) is 0 Å². The smallest absolute Gasteiger partial charge is 0.242 e. The Bertz CT molecular complexity index is 917. The summed E-state index contributed by atoms with van der Waals surface area (Å²) in [4.78, 5) is 27.2. The molecular formula is C20H25N5O. The number of hydrogen-bond donors (Lipinski definition) is 1. The molecule has 0 saturated carbocycles. The highest BCUT2D eigenvalue weighted by atomic mass is 16.2. The van der Waals surface area contributed by atoms with Crippen molar-refractivity contribution < 1.29 is 4.79 Å². The summed E-state index contributed by atoms with van der Waals surface area (Å²) in [7, 11) is 0. The van der Waals surface area contributed by atoms with E-state index in [0.717, 1.165) is 55.0 Å². The predicted molar refractivity (Wildman–Crippen MR) is 101 cm³/mol. The fraction of sp³-hybridized carbons (Fsp3) is 0.450. The van der Waals surface area contributed by atoms with Gasteiger partial charge in [-0.15, -0.1) is 0 Å². The van der Waals surface area contributed by atoms with Crippen LogP contribution in [0.4, 0.5) is 0 Å². The molecule has 6 heteroatoms. The number of nitrogens with zero attached hydrogens (tertiary/aromatic N) is 4. The monoisotopic (exact) mass is 351 g/mol. The molecule has 6 nitrogen and oxygen atoms in total. The maximum Gasteiger partial charge on any atom is 0.242 e. The van der Waals surface area contributed by atoms with E-state index >= 15 is 0 Å². The van der Waals surface area contributed by atoms with Crippen molar-refractivity contribution in [2.24, 2.45) is 0 Å². The Balaban J connectivity index is 1.40. The van der Waals surface area contributed by atoms with E-state index in [1.54, 1.807) is 6.20 Å². The van der Waals surface area contributed by atoms with Crippen molar-refractivity contribution in [2.45, 2.75) is 45.6 Å². The summed E-state index contributed by atoms with van der Waals surface area (Å²) in [6, 6.07) is 6.23. The number of carbonyl (C=O) groups excluding carboxylic acids is 1. The number of amides is 1. The van der Waals surface area contributed by atoms with Gasteiger partial charge < -0.3 is 14.5 Å². The fourth-order valence-corrected chi connectivity index (χ4v) is 3.83. The van der Waals surface area contributed by atoms with Crippen molar-refractivity contribution in [3.05, 3.63) is 47.8 Å². The number of aryl methyl sites for hydroxylation is 2. The number of rotatable bonds is 4. The van der Waals surface area contributed by atoms with Gasteiger partial charge in [0.15, 0.2) is 0 Å². The number of nitrogens with one attached hydrogen (secondary N) is 1. The first kappa shape index (κ1) is 16.8. The summed E-state index contributed by atoms with van der Waals surface area (Å²) >= 11 is 0. The summed E-state index contributed by atoms with van der Waals surface area (Å²) < 4.78 is 1.95. The van der Waals surface area contributed by atoms with E-state index in [4.69, 9.17) is 4.98 Å². The number of benzene rings is 1. The zero-order valence-electron chi connectivity index (χ0n) is 15.4. The van der Waals surface area contributed by atoms with E-state index in [0.29, 0.717) is 12.5 Å². The lowest BCUT2D eigenvalue weighted by Crippen LogP contribution is -2.40. The zero-order chi connectivity index (χ0) is 18.1. The summed E-state index contributed by atoms with van der Waals surface area (Å²) in [5, 5.41) is 0. The van der Waals surface area contributed by atoms with Crippen LogP contribution in [0.1, 0.15) is 42.9 Å². The number of imidazole rings is 2. The molecule has 4 rings (SSSR count). The van der Waals surface area contributed by atoms with Gasteiger partial charge >= 0.3 is 0 Å². The lowest BCUT2D eigenvalue weighted by atomic mass is 9.96. The number of aromatic nitrogens is 4. The molecule has 1 aliphatic rings. The molecule has 0 radical (unpaired) electrons. The molecule has 0 aliphatic carbocycles. The number of aromatic amines is 1. The molecule has 0 bridgehead atoms. The van der Waals surface area contributed by atoms with Gasteiger partial charge in [-0.1, -0.05) is 19.1 Å². The molecule has 0 unspecified atom stereocenters. The minimum absolute atomic E-state index is 0.177. The second-order valence-electron chi connectivity index (χ2n) is 7.07. The first-order chi connectivity index (χ1) is 12.7. The van der Waals surface area contributed by atoms with Crippen LogP contribution >= 0.6 is 0 Å². The third-order valence-electron chi connectivity index (χ3n) is 5.39. The molecular weight excluding hydrogens is 326 g/mol. The predicted octanol–water partition coefficient (Wildman–Crippen LogP) is 3.04. The Morgan fingerprint density at radius 2 is 2.12 bits per heavy atom. The van der Waals surface area contributed by atoms with E-state index in [1.807, 2.05) is 15.7 Å². The van der Waals surface area contributed by atoms with Crippen molar-refractivity contribution in [3.8, 4) is 0 Å². The van der Waals surface area contributed by atoms with Crippen molar-refractivity contribution in [1.29, 1.82) is 0 Å². The number of H-pyrrole nitrogens is 1. The molecule has 3 aromatic rings. The van der Waals surface area contributed by atoms with Crippen LogP contribution in [0.3, 0.4) is 0 Å². The molecule has 1 fully saturated rings. The third kappa shape index (κ3) is 3.11. The van der Waals surface area contributed by atoms with Crippen LogP contribution in [0.2, 0.25) is 0 Å². The number of para-hydroxylation sites is 1.